The Morgan fingerprint density at radius 3 is 2.18 bits per heavy atom. The van der Waals surface area contributed by atoms with Crippen LogP contribution in [0.3, 0.4) is 0 Å². The Morgan fingerprint density at radius 2 is 1.71 bits per heavy atom. The molecule has 1 fully saturated rings. The number of alkyl halides is 3. The van der Waals surface area contributed by atoms with E-state index in [0.29, 0.717) is 5.56 Å². The van der Waals surface area contributed by atoms with Crippen molar-refractivity contribution in [2.75, 3.05) is 20.7 Å². The highest BCUT2D eigenvalue weighted by Crippen LogP contribution is 2.36. The Kier molecular flexibility index (Phi) is 6.27. The average Bonchev–Trinajstić information content (AvgIpc) is 3.03. The van der Waals surface area contributed by atoms with E-state index in [9.17, 15) is 22.8 Å². The molecule has 1 aliphatic rings. The van der Waals surface area contributed by atoms with Crippen molar-refractivity contribution < 1.29 is 32.3 Å². The molecule has 28 heavy (non-hydrogen) atoms. The number of amides is 2. The Balaban J connectivity index is 2.26. The van der Waals surface area contributed by atoms with E-state index < -0.39 is 35.4 Å². The van der Waals surface area contributed by atoms with Crippen molar-refractivity contribution in [2.45, 2.75) is 50.9 Å². The smallest absolute Gasteiger partial charge is 0.416 e. The third-order valence-corrected chi connectivity index (χ3v) is 4.51. The molecule has 1 unspecified atom stereocenters. The van der Waals surface area contributed by atoms with Gasteiger partial charge in [0, 0.05) is 19.5 Å². The van der Waals surface area contributed by atoms with Gasteiger partial charge in [0.2, 0.25) is 0 Å². The molecule has 2 atom stereocenters. The van der Waals surface area contributed by atoms with Crippen LogP contribution in [0, 0.1) is 0 Å². The first-order valence-corrected chi connectivity index (χ1v) is 8.82. The summed E-state index contributed by atoms with van der Waals surface area (Å²) in [5.74, 6) is -0.725. The van der Waals surface area contributed by atoms with Crippen molar-refractivity contribution in [1.29, 1.82) is 0 Å². The molecule has 6 nitrogen and oxygen atoms in total. The second kappa shape index (κ2) is 7.98. The Labute approximate surface area is 162 Å². The number of hydrogen-bond acceptors (Lipinski definition) is 4. The second-order valence-electron chi connectivity index (χ2n) is 7.72. The molecule has 1 aromatic rings. The third-order valence-electron chi connectivity index (χ3n) is 4.51. The molecule has 0 bridgehead atoms. The lowest BCUT2D eigenvalue weighted by atomic mass is 9.95. The van der Waals surface area contributed by atoms with E-state index in [-0.39, 0.29) is 18.9 Å². The predicted molar refractivity (Wildman–Crippen MR) is 95.3 cm³/mol. The van der Waals surface area contributed by atoms with Crippen molar-refractivity contribution in [3.63, 3.8) is 0 Å². The van der Waals surface area contributed by atoms with Crippen LogP contribution in [-0.2, 0) is 20.5 Å². The highest BCUT2D eigenvalue weighted by molar-refractivity contribution is 5.85. The number of ether oxygens (including phenoxy) is 1. The molecule has 0 aliphatic carbocycles. The summed E-state index contributed by atoms with van der Waals surface area (Å²) in [6.45, 7) is 5.31. The van der Waals surface area contributed by atoms with Gasteiger partial charge in [-0.15, -0.1) is 0 Å². The van der Waals surface area contributed by atoms with Crippen LogP contribution < -0.4 is 0 Å². The predicted octanol–water partition coefficient (Wildman–Crippen LogP) is 3.82. The van der Waals surface area contributed by atoms with Gasteiger partial charge in [-0.05, 0) is 44.9 Å². The van der Waals surface area contributed by atoms with Crippen LogP contribution in [0.1, 0.15) is 44.2 Å². The second-order valence-corrected chi connectivity index (χ2v) is 7.72. The van der Waals surface area contributed by atoms with E-state index in [1.54, 1.807) is 20.8 Å². The van der Waals surface area contributed by atoms with Crippen molar-refractivity contribution >= 4 is 12.0 Å². The summed E-state index contributed by atoms with van der Waals surface area (Å²) < 4.78 is 43.7. The van der Waals surface area contributed by atoms with Gasteiger partial charge >= 0.3 is 12.3 Å². The number of halogens is 3. The molecular formula is C19H25F3N2O4. The molecule has 1 aliphatic heterocycles. The maximum absolute atomic E-state index is 12.8. The molecule has 2 rings (SSSR count). The zero-order valence-corrected chi connectivity index (χ0v) is 16.5. The molecule has 0 saturated carbocycles. The number of nitrogens with zero attached hydrogens (tertiary/aromatic N) is 2. The van der Waals surface area contributed by atoms with Crippen LogP contribution in [0.5, 0.6) is 0 Å². The van der Waals surface area contributed by atoms with Crippen LogP contribution in [0.15, 0.2) is 24.3 Å². The molecule has 0 spiro atoms. The number of rotatable bonds is 3. The maximum Gasteiger partial charge on any atom is 0.416 e. The number of carbonyl (C=O) groups is 2. The van der Waals surface area contributed by atoms with Gasteiger partial charge in [0.25, 0.3) is 5.91 Å². The summed E-state index contributed by atoms with van der Waals surface area (Å²) >= 11 is 0. The van der Waals surface area contributed by atoms with Crippen molar-refractivity contribution in [1.82, 2.24) is 9.96 Å². The first-order valence-electron chi connectivity index (χ1n) is 8.82. The molecule has 0 aromatic heterocycles. The number of hydroxylamine groups is 2. The van der Waals surface area contributed by atoms with Crippen LogP contribution in [0.4, 0.5) is 18.0 Å². The summed E-state index contributed by atoms with van der Waals surface area (Å²) in [4.78, 5) is 31.5. The minimum atomic E-state index is -4.42. The van der Waals surface area contributed by atoms with E-state index in [4.69, 9.17) is 9.57 Å². The number of benzene rings is 1. The van der Waals surface area contributed by atoms with Crippen molar-refractivity contribution in [3.8, 4) is 0 Å². The van der Waals surface area contributed by atoms with Gasteiger partial charge in [0.1, 0.15) is 11.6 Å². The fourth-order valence-corrected chi connectivity index (χ4v) is 3.08. The lowest BCUT2D eigenvalue weighted by molar-refractivity contribution is -0.173. The van der Waals surface area contributed by atoms with Crippen LogP contribution >= 0.6 is 0 Å². The third kappa shape index (κ3) is 5.15. The van der Waals surface area contributed by atoms with Crippen LogP contribution in [0.2, 0.25) is 0 Å². The first kappa shape index (κ1) is 22.0. The summed E-state index contributed by atoms with van der Waals surface area (Å²) in [6, 6.07) is 3.95. The van der Waals surface area contributed by atoms with E-state index in [1.165, 1.54) is 31.2 Å². The van der Waals surface area contributed by atoms with E-state index in [2.05, 4.69) is 0 Å². The monoisotopic (exact) mass is 402 g/mol. The lowest BCUT2D eigenvalue weighted by Crippen LogP contribution is -2.47. The van der Waals surface area contributed by atoms with Gasteiger partial charge in [-0.2, -0.15) is 13.2 Å². The van der Waals surface area contributed by atoms with Gasteiger partial charge < -0.3 is 4.74 Å². The molecule has 1 aromatic carbocycles. The quantitative estimate of drug-likeness (QED) is 0.722. The molecule has 1 heterocycles. The Morgan fingerprint density at radius 1 is 1.14 bits per heavy atom. The average molecular weight is 402 g/mol. The highest BCUT2D eigenvalue weighted by Gasteiger charge is 2.43. The van der Waals surface area contributed by atoms with E-state index in [1.807, 2.05) is 0 Å². The summed E-state index contributed by atoms with van der Waals surface area (Å²) in [7, 11) is 2.76. The summed E-state index contributed by atoms with van der Waals surface area (Å²) in [5, 5.41) is 1.02. The van der Waals surface area contributed by atoms with Crippen LogP contribution in [-0.4, -0.2) is 54.3 Å². The number of likely N-dealkylation sites (N-methyl/N-ethyl adjacent to an activating group) is 1. The van der Waals surface area contributed by atoms with Crippen LogP contribution in [0.25, 0.3) is 0 Å². The molecule has 9 heteroatoms. The summed E-state index contributed by atoms with van der Waals surface area (Å²) in [6.07, 6.45) is -4.81. The molecule has 1 saturated heterocycles. The SMILES string of the molecule is CON(C)C(=O)[C@@H]1CC(c2ccc(C(F)(F)F)cc2)CN1C(=O)OC(C)(C)C. The molecular weight excluding hydrogens is 377 g/mol. The standard InChI is InChI=1S/C19H25F3N2O4/c1-18(2,3)28-17(26)24-11-13(10-15(24)16(25)23(4)27-5)12-6-8-14(9-7-12)19(20,21)22/h6-9,13,15H,10-11H2,1-5H3/t13?,15-/m0/s1. The molecule has 156 valence electrons. The number of hydrogen-bond donors (Lipinski definition) is 0. The topological polar surface area (TPSA) is 59.1 Å². The zero-order valence-electron chi connectivity index (χ0n) is 16.5. The fourth-order valence-electron chi connectivity index (χ4n) is 3.08. The van der Waals surface area contributed by atoms with E-state index >= 15 is 0 Å². The van der Waals surface area contributed by atoms with E-state index in [0.717, 1.165) is 17.2 Å². The van der Waals surface area contributed by atoms with Gasteiger partial charge in [-0.25, -0.2) is 9.86 Å². The highest BCUT2D eigenvalue weighted by atomic mass is 19.4. The molecule has 0 N–H and O–H groups in total. The lowest BCUT2D eigenvalue weighted by Gasteiger charge is -2.29. The molecule has 2 amide bonds. The van der Waals surface area contributed by atoms with Crippen molar-refractivity contribution in [3.05, 3.63) is 35.4 Å². The Bertz CT molecular complexity index is 713. The fraction of sp³-hybridized carbons (Fsp3) is 0.579. The maximum atomic E-state index is 12.8. The number of likely N-dealkylation sites (tertiary alicyclic amines) is 1. The van der Waals surface area contributed by atoms with Crippen molar-refractivity contribution in [2.24, 2.45) is 0 Å². The number of carbonyl (C=O) groups excluding carboxylic acids is 2. The van der Waals surface area contributed by atoms with Gasteiger partial charge in [-0.1, -0.05) is 12.1 Å². The first-order chi connectivity index (χ1) is 12.8. The normalized spacial score (nSPS) is 20.2. The van der Waals surface area contributed by atoms with Gasteiger partial charge in [0.15, 0.2) is 0 Å². The minimum absolute atomic E-state index is 0.161. The van der Waals surface area contributed by atoms with Gasteiger partial charge in [-0.3, -0.25) is 14.5 Å². The van der Waals surface area contributed by atoms with Gasteiger partial charge in [0.05, 0.1) is 12.7 Å². The largest absolute Gasteiger partial charge is 0.444 e. The minimum Gasteiger partial charge on any atom is -0.444 e. The summed E-state index contributed by atoms with van der Waals surface area (Å²) in [5.41, 5.74) is -0.869. The zero-order chi connectivity index (χ0) is 21.3. The Hall–Kier alpha value is -2.29. The molecule has 0 radical (unpaired) electrons.